The average Bonchev–Trinajstić information content (AvgIpc) is 2.86. The maximum Gasteiger partial charge on any atom is 0.357 e. The number of carbonyl (C=O) groups is 1. The Morgan fingerprint density at radius 2 is 2.41 bits per heavy atom. The fourth-order valence-corrected chi connectivity index (χ4v) is 2.32. The fraction of sp³-hybridized carbons (Fsp3) is 0.200. The van der Waals surface area contributed by atoms with E-state index in [4.69, 9.17) is 21.1 Å². The van der Waals surface area contributed by atoms with Crippen molar-refractivity contribution in [3.8, 4) is 0 Å². The van der Waals surface area contributed by atoms with E-state index in [0.717, 1.165) is 11.1 Å². The van der Waals surface area contributed by atoms with Crippen LogP contribution in [-0.4, -0.2) is 16.1 Å². The Morgan fingerprint density at radius 1 is 1.65 bits per heavy atom. The highest BCUT2D eigenvalue weighted by molar-refractivity contribution is 7.16. The Labute approximate surface area is 106 Å². The predicted octanol–water partition coefficient (Wildman–Crippen LogP) is 3.26. The molecule has 0 aliphatic rings. The van der Waals surface area contributed by atoms with E-state index in [1.54, 1.807) is 6.07 Å². The number of aromatic nitrogens is 1. The van der Waals surface area contributed by atoms with E-state index in [2.05, 4.69) is 10.3 Å². The van der Waals surface area contributed by atoms with E-state index >= 15 is 0 Å². The molecule has 2 N–H and O–H groups in total. The largest absolute Gasteiger partial charge is 0.476 e. The van der Waals surface area contributed by atoms with Crippen molar-refractivity contribution < 1.29 is 14.3 Å². The monoisotopic (exact) mass is 272 g/mol. The van der Waals surface area contributed by atoms with Crippen molar-refractivity contribution in [2.45, 2.75) is 13.0 Å². The van der Waals surface area contributed by atoms with Crippen LogP contribution < -0.4 is 5.32 Å². The number of halogens is 1. The van der Waals surface area contributed by atoms with Gasteiger partial charge in [-0.05, 0) is 19.1 Å². The van der Waals surface area contributed by atoms with Crippen molar-refractivity contribution in [1.29, 1.82) is 0 Å². The number of rotatable bonds is 4. The molecule has 0 saturated heterocycles. The number of anilines is 1. The molecule has 0 fully saturated rings. The highest BCUT2D eigenvalue weighted by Crippen LogP contribution is 2.28. The summed E-state index contributed by atoms with van der Waals surface area (Å²) in [5, 5.41) is 11.6. The molecule has 0 bridgehead atoms. The van der Waals surface area contributed by atoms with Gasteiger partial charge in [0.15, 0.2) is 5.69 Å². The zero-order valence-electron chi connectivity index (χ0n) is 8.81. The number of oxazole rings is 1. The summed E-state index contributed by atoms with van der Waals surface area (Å²) in [4.78, 5) is 15.4. The van der Waals surface area contributed by atoms with Gasteiger partial charge in [-0.3, -0.25) is 0 Å². The minimum atomic E-state index is -1.12. The number of thiophene rings is 1. The average molecular weight is 273 g/mol. The van der Waals surface area contributed by atoms with Crippen LogP contribution in [0.4, 0.5) is 6.01 Å². The van der Waals surface area contributed by atoms with Gasteiger partial charge in [0.2, 0.25) is 0 Å². The Bertz CT molecular complexity index is 537. The summed E-state index contributed by atoms with van der Waals surface area (Å²) >= 11 is 7.27. The Hall–Kier alpha value is -1.53. The quantitative estimate of drug-likeness (QED) is 0.893. The number of hydrogen-bond donors (Lipinski definition) is 2. The van der Waals surface area contributed by atoms with Crippen LogP contribution in [0.1, 0.15) is 28.3 Å². The number of hydrogen-bond acceptors (Lipinski definition) is 5. The summed E-state index contributed by atoms with van der Waals surface area (Å²) in [6.07, 6.45) is 1.10. The standard InChI is InChI=1S/C10H9ClN2O3S/c1-5(7-2-3-8(11)17-7)12-10-13-6(4-16-10)9(14)15/h2-5H,1H3,(H,12,13)(H,14,15). The third-order valence-corrected chi connectivity index (χ3v) is 3.50. The van der Waals surface area contributed by atoms with Gasteiger partial charge in [-0.25, -0.2) is 4.79 Å². The number of nitrogens with one attached hydrogen (secondary N) is 1. The molecule has 90 valence electrons. The first-order valence-corrected chi connectivity index (χ1v) is 5.96. The van der Waals surface area contributed by atoms with Crippen molar-refractivity contribution in [1.82, 2.24) is 4.98 Å². The van der Waals surface area contributed by atoms with Gasteiger partial charge in [-0.2, -0.15) is 4.98 Å². The topological polar surface area (TPSA) is 75.4 Å². The van der Waals surface area contributed by atoms with E-state index in [9.17, 15) is 4.79 Å². The number of aromatic carboxylic acids is 1. The lowest BCUT2D eigenvalue weighted by Gasteiger charge is -2.08. The molecule has 1 unspecified atom stereocenters. The van der Waals surface area contributed by atoms with Gasteiger partial charge in [0.1, 0.15) is 6.26 Å². The van der Waals surface area contributed by atoms with Crippen molar-refractivity contribution in [3.63, 3.8) is 0 Å². The lowest BCUT2D eigenvalue weighted by Crippen LogP contribution is -2.05. The molecule has 2 aromatic rings. The molecule has 0 aliphatic carbocycles. The zero-order valence-corrected chi connectivity index (χ0v) is 10.4. The van der Waals surface area contributed by atoms with Crippen LogP contribution >= 0.6 is 22.9 Å². The van der Waals surface area contributed by atoms with Gasteiger partial charge < -0.3 is 14.8 Å². The summed E-state index contributed by atoms with van der Waals surface area (Å²) in [6.45, 7) is 1.91. The molecule has 0 amide bonds. The van der Waals surface area contributed by atoms with Crippen LogP contribution in [0.15, 0.2) is 22.8 Å². The van der Waals surface area contributed by atoms with E-state index in [1.165, 1.54) is 11.3 Å². The van der Waals surface area contributed by atoms with Crippen LogP contribution in [0, 0.1) is 0 Å². The van der Waals surface area contributed by atoms with Crippen LogP contribution in [-0.2, 0) is 0 Å². The molecule has 17 heavy (non-hydrogen) atoms. The van der Waals surface area contributed by atoms with E-state index in [0.29, 0.717) is 4.34 Å². The second-order valence-electron chi connectivity index (χ2n) is 3.35. The first kappa shape index (κ1) is 11.9. The predicted molar refractivity (Wildman–Crippen MR) is 64.8 cm³/mol. The number of carboxylic acid groups (broad SMARTS) is 1. The van der Waals surface area contributed by atoms with Gasteiger partial charge >= 0.3 is 5.97 Å². The lowest BCUT2D eigenvalue weighted by molar-refractivity contribution is 0.0690. The van der Waals surface area contributed by atoms with Crippen molar-refractivity contribution in [3.05, 3.63) is 33.3 Å². The SMILES string of the molecule is CC(Nc1nc(C(=O)O)co1)c1ccc(Cl)s1. The Morgan fingerprint density at radius 3 is 2.94 bits per heavy atom. The second kappa shape index (κ2) is 4.77. The Balaban J connectivity index is 2.07. The van der Waals surface area contributed by atoms with Crippen molar-refractivity contribution in [2.75, 3.05) is 5.32 Å². The molecular weight excluding hydrogens is 264 g/mol. The molecule has 0 aliphatic heterocycles. The first-order chi connectivity index (χ1) is 8.06. The van der Waals surface area contributed by atoms with E-state index in [-0.39, 0.29) is 17.8 Å². The fourth-order valence-electron chi connectivity index (χ4n) is 1.26. The van der Waals surface area contributed by atoms with E-state index < -0.39 is 5.97 Å². The summed E-state index contributed by atoms with van der Waals surface area (Å²) in [6, 6.07) is 3.83. The van der Waals surface area contributed by atoms with Crippen LogP contribution in [0.3, 0.4) is 0 Å². The molecule has 0 spiro atoms. The van der Waals surface area contributed by atoms with Gasteiger partial charge in [0.25, 0.3) is 6.01 Å². The highest BCUT2D eigenvalue weighted by atomic mass is 35.5. The zero-order chi connectivity index (χ0) is 12.4. The molecule has 0 radical (unpaired) electrons. The number of nitrogens with zero attached hydrogens (tertiary/aromatic N) is 1. The highest BCUT2D eigenvalue weighted by Gasteiger charge is 2.14. The smallest absolute Gasteiger partial charge is 0.357 e. The third kappa shape index (κ3) is 2.78. The molecular formula is C10H9ClN2O3S. The molecule has 7 heteroatoms. The third-order valence-electron chi connectivity index (χ3n) is 2.08. The van der Waals surface area contributed by atoms with Crippen molar-refractivity contribution >= 4 is 34.9 Å². The molecule has 2 heterocycles. The molecule has 0 saturated carbocycles. The summed E-state index contributed by atoms with van der Waals surface area (Å²) in [5.74, 6) is -1.12. The normalized spacial score (nSPS) is 12.4. The molecule has 2 rings (SSSR count). The number of carboxylic acids is 1. The van der Waals surface area contributed by atoms with Gasteiger partial charge in [-0.15, -0.1) is 11.3 Å². The maximum atomic E-state index is 10.6. The molecule has 2 aromatic heterocycles. The van der Waals surface area contributed by atoms with Gasteiger partial charge in [0, 0.05) is 4.88 Å². The summed E-state index contributed by atoms with van der Waals surface area (Å²) in [5.41, 5.74) is -0.121. The molecule has 1 atom stereocenters. The van der Waals surface area contributed by atoms with Crippen LogP contribution in [0.2, 0.25) is 4.34 Å². The summed E-state index contributed by atoms with van der Waals surface area (Å²) in [7, 11) is 0. The Kier molecular flexibility index (Phi) is 3.35. The second-order valence-corrected chi connectivity index (χ2v) is 5.10. The van der Waals surface area contributed by atoms with Gasteiger partial charge in [0.05, 0.1) is 10.4 Å². The molecule has 5 nitrogen and oxygen atoms in total. The maximum absolute atomic E-state index is 10.6. The van der Waals surface area contributed by atoms with Crippen LogP contribution in [0.5, 0.6) is 0 Å². The first-order valence-electron chi connectivity index (χ1n) is 4.77. The van der Waals surface area contributed by atoms with E-state index in [1.807, 2.05) is 13.0 Å². The lowest BCUT2D eigenvalue weighted by atomic mass is 10.3. The summed E-state index contributed by atoms with van der Waals surface area (Å²) < 4.78 is 5.69. The van der Waals surface area contributed by atoms with Crippen molar-refractivity contribution in [2.24, 2.45) is 0 Å². The van der Waals surface area contributed by atoms with Gasteiger partial charge in [-0.1, -0.05) is 11.6 Å². The minimum absolute atomic E-state index is 0.0483. The minimum Gasteiger partial charge on any atom is -0.476 e. The molecule has 0 aromatic carbocycles. The van der Waals surface area contributed by atoms with Crippen LogP contribution in [0.25, 0.3) is 0 Å².